The molecule has 2 aliphatic rings. The Morgan fingerprint density at radius 1 is 1.06 bits per heavy atom. The van der Waals surface area contributed by atoms with E-state index in [9.17, 15) is 4.39 Å². The molecule has 3 heterocycles. The molecule has 0 bridgehead atoms. The molecule has 3 aromatic rings. The minimum Gasteiger partial charge on any atom is -0.493 e. The standard InChI is InChI=1S/C25H31FN6O3/c1-33-22-11-5-8-19(24(22)34-2)23(25-27-28-29-32(25)17-18-7-6-16-35-18)31-14-12-30(13-15-31)21-10-4-3-9-20(21)26/h3-5,8-11,18,23H,6-7,12-17H2,1-2H3. The molecule has 2 atom stereocenters. The molecule has 1 aromatic heterocycles. The Balaban J connectivity index is 1.48. The van der Waals surface area contributed by atoms with Crippen molar-refractivity contribution in [3.63, 3.8) is 0 Å². The van der Waals surface area contributed by atoms with E-state index in [1.54, 1.807) is 20.3 Å². The molecule has 0 saturated carbocycles. The number of hydrogen-bond acceptors (Lipinski definition) is 8. The molecule has 35 heavy (non-hydrogen) atoms. The molecule has 2 aliphatic heterocycles. The predicted molar refractivity (Wildman–Crippen MR) is 128 cm³/mol. The number of piperazine rings is 1. The van der Waals surface area contributed by atoms with E-state index in [4.69, 9.17) is 14.2 Å². The number of hydrogen-bond donors (Lipinski definition) is 0. The molecule has 186 valence electrons. The number of aromatic nitrogens is 4. The van der Waals surface area contributed by atoms with Gasteiger partial charge in [-0.15, -0.1) is 5.10 Å². The minimum absolute atomic E-state index is 0.100. The summed E-state index contributed by atoms with van der Waals surface area (Å²) in [4.78, 5) is 4.41. The maximum absolute atomic E-state index is 14.4. The highest BCUT2D eigenvalue weighted by Gasteiger charge is 2.34. The van der Waals surface area contributed by atoms with Crippen molar-refractivity contribution in [3.8, 4) is 11.5 Å². The molecule has 5 rings (SSSR count). The third kappa shape index (κ3) is 4.81. The van der Waals surface area contributed by atoms with Crippen molar-refractivity contribution in [2.75, 3.05) is 51.9 Å². The summed E-state index contributed by atoms with van der Waals surface area (Å²) in [5.74, 6) is 1.83. The fourth-order valence-corrected chi connectivity index (χ4v) is 5.07. The molecule has 0 N–H and O–H groups in total. The second-order valence-corrected chi connectivity index (χ2v) is 8.81. The molecule has 0 amide bonds. The van der Waals surface area contributed by atoms with Gasteiger partial charge in [-0.2, -0.15) is 0 Å². The van der Waals surface area contributed by atoms with Crippen LogP contribution in [0.3, 0.4) is 0 Å². The SMILES string of the molecule is COc1cccc(C(c2nnnn2CC2CCCO2)N2CCN(c3ccccc3F)CC2)c1OC. The van der Waals surface area contributed by atoms with Crippen molar-refractivity contribution in [1.82, 2.24) is 25.1 Å². The van der Waals surface area contributed by atoms with Gasteiger partial charge in [-0.25, -0.2) is 9.07 Å². The largest absolute Gasteiger partial charge is 0.493 e. The van der Waals surface area contributed by atoms with Gasteiger partial charge in [-0.3, -0.25) is 4.90 Å². The number of ether oxygens (including phenoxy) is 3. The molecule has 2 saturated heterocycles. The molecule has 9 nitrogen and oxygen atoms in total. The zero-order valence-corrected chi connectivity index (χ0v) is 20.1. The number of benzene rings is 2. The summed E-state index contributed by atoms with van der Waals surface area (Å²) in [6, 6.07) is 12.5. The number of methoxy groups -OCH3 is 2. The molecule has 2 aromatic carbocycles. The van der Waals surface area contributed by atoms with Crippen LogP contribution >= 0.6 is 0 Å². The van der Waals surface area contributed by atoms with Gasteiger partial charge < -0.3 is 19.1 Å². The predicted octanol–water partition coefficient (Wildman–Crippen LogP) is 2.92. The Bertz CT molecular complexity index is 1130. The van der Waals surface area contributed by atoms with Crippen molar-refractivity contribution >= 4 is 5.69 Å². The summed E-state index contributed by atoms with van der Waals surface area (Å²) in [5, 5.41) is 12.8. The van der Waals surface area contributed by atoms with Crippen LogP contribution in [0.2, 0.25) is 0 Å². The molecule has 2 fully saturated rings. The van der Waals surface area contributed by atoms with Crippen LogP contribution in [0.1, 0.15) is 30.3 Å². The fourth-order valence-electron chi connectivity index (χ4n) is 5.07. The smallest absolute Gasteiger partial charge is 0.173 e. The van der Waals surface area contributed by atoms with E-state index >= 15 is 0 Å². The average Bonchev–Trinajstić information content (AvgIpc) is 3.58. The maximum Gasteiger partial charge on any atom is 0.173 e. The first kappa shape index (κ1) is 23.5. The Kier molecular flexibility index (Phi) is 7.10. The highest BCUT2D eigenvalue weighted by molar-refractivity contribution is 5.50. The first-order chi connectivity index (χ1) is 17.2. The van der Waals surface area contributed by atoms with Crippen molar-refractivity contribution in [2.45, 2.75) is 31.5 Å². The van der Waals surface area contributed by atoms with Gasteiger partial charge in [0.25, 0.3) is 0 Å². The van der Waals surface area contributed by atoms with Gasteiger partial charge in [0.15, 0.2) is 17.3 Å². The van der Waals surface area contributed by atoms with Crippen molar-refractivity contribution in [1.29, 1.82) is 0 Å². The van der Waals surface area contributed by atoms with Gasteiger partial charge in [-0.1, -0.05) is 24.3 Å². The lowest BCUT2D eigenvalue weighted by Crippen LogP contribution is -2.48. The summed E-state index contributed by atoms with van der Waals surface area (Å²) in [6.07, 6.45) is 2.14. The van der Waals surface area contributed by atoms with Gasteiger partial charge in [0, 0.05) is 38.3 Å². The molecular weight excluding hydrogens is 451 g/mol. The molecule has 10 heteroatoms. The quantitative estimate of drug-likeness (QED) is 0.485. The van der Waals surface area contributed by atoms with Gasteiger partial charge in [0.1, 0.15) is 11.9 Å². The van der Waals surface area contributed by atoms with Crippen molar-refractivity contribution < 1.29 is 18.6 Å². The maximum atomic E-state index is 14.4. The Morgan fingerprint density at radius 3 is 2.60 bits per heavy atom. The van der Waals surface area contributed by atoms with Crippen LogP contribution in [0.25, 0.3) is 0 Å². The van der Waals surface area contributed by atoms with Crippen LogP contribution in [0.15, 0.2) is 42.5 Å². The van der Waals surface area contributed by atoms with Crippen LogP contribution in [-0.2, 0) is 11.3 Å². The number of nitrogens with zero attached hydrogens (tertiary/aromatic N) is 6. The van der Waals surface area contributed by atoms with E-state index in [0.717, 1.165) is 30.8 Å². The summed E-state index contributed by atoms with van der Waals surface area (Å²) in [6.45, 7) is 4.12. The van der Waals surface area contributed by atoms with E-state index in [-0.39, 0.29) is 18.0 Å². The molecule has 2 unspecified atom stereocenters. The minimum atomic E-state index is -0.265. The van der Waals surface area contributed by atoms with Crippen molar-refractivity contribution in [3.05, 3.63) is 59.7 Å². The lowest BCUT2D eigenvalue weighted by Gasteiger charge is -2.40. The Hall–Kier alpha value is -3.24. The second kappa shape index (κ2) is 10.6. The van der Waals surface area contributed by atoms with Crippen molar-refractivity contribution in [2.24, 2.45) is 0 Å². The Labute approximate surface area is 204 Å². The number of para-hydroxylation sites is 2. The van der Waals surface area contributed by atoms with Gasteiger partial charge in [0.05, 0.1) is 32.6 Å². The normalized spacial score (nSPS) is 19.6. The zero-order chi connectivity index (χ0) is 24.2. The van der Waals surface area contributed by atoms with E-state index in [1.165, 1.54) is 6.07 Å². The van der Waals surface area contributed by atoms with E-state index in [2.05, 4.69) is 25.3 Å². The number of anilines is 1. The number of tetrazole rings is 1. The molecule has 0 spiro atoms. The van der Waals surface area contributed by atoms with E-state index < -0.39 is 0 Å². The fraction of sp³-hybridized carbons (Fsp3) is 0.480. The third-order valence-electron chi connectivity index (χ3n) is 6.81. The second-order valence-electron chi connectivity index (χ2n) is 8.81. The highest BCUT2D eigenvalue weighted by Crippen LogP contribution is 2.40. The van der Waals surface area contributed by atoms with Crippen LogP contribution in [-0.4, -0.2) is 78.2 Å². The first-order valence-electron chi connectivity index (χ1n) is 12.0. The topological polar surface area (TPSA) is 77.8 Å². The van der Waals surface area contributed by atoms with Gasteiger partial charge >= 0.3 is 0 Å². The van der Waals surface area contributed by atoms with Crippen LogP contribution in [0.5, 0.6) is 11.5 Å². The number of rotatable bonds is 8. The van der Waals surface area contributed by atoms with E-state index in [1.807, 2.05) is 35.0 Å². The lowest BCUT2D eigenvalue weighted by atomic mass is 10.0. The van der Waals surface area contributed by atoms with Crippen LogP contribution < -0.4 is 14.4 Å². The molecule has 0 radical (unpaired) electrons. The highest BCUT2D eigenvalue weighted by atomic mass is 19.1. The van der Waals surface area contributed by atoms with Crippen LogP contribution in [0.4, 0.5) is 10.1 Å². The summed E-state index contributed by atoms with van der Waals surface area (Å²) >= 11 is 0. The monoisotopic (exact) mass is 482 g/mol. The Morgan fingerprint density at radius 2 is 1.89 bits per heavy atom. The zero-order valence-electron chi connectivity index (χ0n) is 20.1. The van der Waals surface area contributed by atoms with Crippen LogP contribution in [0, 0.1) is 5.82 Å². The third-order valence-corrected chi connectivity index (χ3v) is 6.81. The molecule has 0 aliphatic carbocycles. The number of halogens is 1. The van der Waals surface area contributed by atoms with Gasteiger partial charge in [-0.05, 0) is 41.5 Å². The van der Waals surface area contributed by atoms with E-state index in [0.29, 0.717) is 49.9 Å². The first-order valence-corrected chi connectivity index (χ1v) is 12.0. The summed E-state index contributed by atoms with van der Waals surface area (Å²) in [7, 11) is 3.27. The molecular formula is C25H31FN6O3. The summed E-state index contributed by atoms with van der Waals surface area (Å²) < 4.78 is 33.5. The lowest BCUT2D eigenvalue weighted by molar-refractivity contribution is 0.0906. The summed E-state index contributed by atoms with van der Waals surface area (Å²) in [5.41, 5.74) is 1.56. The average molecular weight is 483 g/mol. The van der Waals surface area contributed by atoms with Gasteiger partial charge in [0.2, 0.25) is 0 Å².